The van der Waals surface area contributed by atoms with Crippen LogP contribution in [0.5, 0.6) is 0 Å². The van der Waals surface area contributed by atoms with E-state index in [2.05, 4.69) is 4.90 Å². The average Bonchev–Trinajstić information content (AvgIpc) is 2.66. The van der Waals surface area contributed by atoms with Gasteiger partial charge in [0.1, 0.15) is 0 Å². The van der Waals surface area contributed by atoms with Gasteiger partial charge in [0, 0.05) is 24.0 Å². The van der Waals surface area contributed by atoms with Crippen LogP contribution in [0.4, 0.5) is 0 Å². The Morgan fingerprint density at radius 1 is 1.65 bits per heavy atom. The smallest absolute Gasteiger partial charge is 0.305 e. The van der Waals surface area contributed by atoms with Crippen LogP contribution in [-0.2, 0) is 16.1 Å². The maximum Gasteiger partial charge on any atom is 0.305 e. The molecule has 1 aromatic heterocycles. The number of aliphatic carboxylic acids is 1. The summed E-state index contributed by atoms with van der Waals surface area (Å²) in [5.74, 6) is -0.783. The molecule has 1 aliphatic rings. The van der Waals surface area contributed by atoms with Crippen LogP contribution in [0.3, 0.4) is 0 Å². The molecular formula is C11H14ClNO3S. The summed E-state index contributed by atoms with van der Waals surface area (Å²) in [5, 5.41) is 8.85. The summed E-state index contributed by atoms with van der Waals surface area (Å²) < 4.78 is 6.10. The van der Waals surface area contributed by atoms with Gasteiger partial charge in [-0.1, -0.05) is 11.6 Å². The van der Waals surface area contributed by atoms with Crippen LogP contribution in [0, 0.1) is 0 Å². The number of carboxylic acids is 1. The number of carboxylic acid groups (broad SMARTS) is 1. The van der Waals surface area contributed by atoms with Crippen molar-refractivity contribution in [3.63, 3.8) is 0 Å². The summed E-state index contributed by atoms with van der Waals surface area (Å²) in [6, 6.07) is 3.82. The standard InChI is InChI=1S/C11H14ClNO3S/c12-10-2-1-9(17-10)6-13-3-4-16-7-8(13)5-11(14)15/h1-2,8H,3-7H2,(H,14,15). The zero-order valence-corrected chi connectivity index (χ0v) is 10.8. The zero-order chi connectivity index (χ0) is 12.3. The van der Waals surface area contributed by atoms with Crippen molar-refractivity contribution in [2.24, 2.45) is 0 Å². The van der Waals surface area contributed by atoms with Crippen LogP contribution in [-0.4, -0.2) is 41.8 Å². The van der Waals surface area contributed by atoms with Gasteiger partial charge in [0.15, 0.2) is 0 Å². The molecule has 1 unspecified atom stereocenters. The Kier molecular flexibility index (Phi) is 4.39. The number of carbonyl (C=O) groups is 1. The molecule has 0 aromatic carbocycles. The highest BCUT2D eigenvalue weighted by Crippen LogP contribution is 2.24. The van der Waals surface area contributed by atoms with Gasteiger partial charge in [-0.2, -0.15) is 0 Å². The van der Waals surface area contributed by atoms with Gasteiger partial charge in [0.2, 0.25) is 0 Å². The average molecular weight is 276 g/mol. The maximum atomic E-state index is 10.8. The lowest BCUT2D eigenvalue weighted by Gasteiger charge is -2.34. The van der Waals surface area contributed by atoms with Crippen molar-refractivity contribution >= 4 is 28.9 Å². The Morgan fingerprint density at radius 2 is 2.47 bits per heavy atom. The Hall–Kier alpha value is -0.620. The van der Waals surface area contributed by atoms with Gasteiger partial charge < -0.3 is 9.84 Å². The molecule has 1 aromatic rings. The van der Waals surface area contributed by atoms with E-state index in [1.165, 1.54) is 11.3 Å². The summed E-state index contributed by atoms with van der Waals surface area (Å²) in [6.45, 7) is 2.67. The molecule has 94 valence electrons. The minimum atomic E-state index is -0.783. The molecule has 0 saturated carbocycles. The Morgan fingerprint density at radius 3 is 3.12 bits per heavy atom. The number of hydrogen-bond donors (Lipinski definition) is 1. The largest absolute Gasteiger partial charge is 0.481 e. The van der Waals surface area contributed by atoms with E-state index < -0.39 is 5.97 Å². The summed E-state index contributed by atoms with van der Waals surface area (Å²) in [5.41, 5.74) is 0. The number of nitrogens with zero attached hydrogens (tertiary/aromatic N) is 1. The highest BCUT2D eigenvalue weighted by Gasteiger charge is 2.25. The van der Waals surface area contributed by atoms with Crippen molar-refractivity contribution in [2.45, 2.75) is 19.0 Å². The highest BCUT2D eigenvalue weighted by molar-refractivity contribution is 7.16. The number of hydrogen-bond acceptors (Lipinski definition) is 4. The van der Waals surface area contributed by atoms with E-state index in [4.69, 9.17) is 21.4 Å². The van der Waals surface area contributed by atoms with Crippen LogP contribution in [0.2, 0.25) is 4.34 Å². The van der Waals surface area contributed by atoms with Crippen LogP contribution in [0.25, 0.3) is 0 Å². The van der Waals surface area contributed by atoms with Crippen molar-refractivity contribution < 1.29 is 14.6 Å². The third kappa shape index (κ3) is 3.67. The van der Waals surface area contributed by atoms with Crippen molar-refractivity contribution in [1.29, 1.82) is 0 Å². The van der Waals surface area contributed by atoms with Gasteiger partial charge in [0.25, 0.3) is 0 Å². The molecule has 1 atom stereocenters. The van der Waals surface area contributed by atoms with Gasteiger partial charge in [-0.05, 0) is 12.1 Å². The molecule has 0 bridgehead atoms. The minimum absolute atomic E-state index is 0.0397. The van der Waals surface area contributed by atoms with E-state index in [9.17, 15) is 4.79 Å². The van der Waals surface area contributed by atoms with E-state index in [-0.39, 0.29) is 12.5 Å². The first-order chi connectivity index (χ1) is 8.15. The van der Waals surface area contributed by atoms with Crippen molar-refractivity contribution in [3.8, 4) is 0 Å². The molecule has 1 N–H and O–H groups in total. The summed E-state index contributed by atoms with van der Waals surface area (Å²) in [4.78, 5) is 14.1. The van der Waals surface area contributed by atoms with Crippen molar-refractivity contribution in [3.05, 3.63) is 21.3 Å². The van der Waals surface area contributed by atoms with E-state index in [1.54, 1.807) is 0 Å². The molecule has 2 rings (SSSR count). The predicted octanol–water partition coefficient (Wildman–Crippen LogP) is 2.08. The van der Waals surface area contributed by atoms with Crippen LogP contribution in [0.15, 0.2) is 12.1 Å². The molecule has 1 fully saturated rings. The van der Waals surface area contributed by atoms with Gasteiger partial charge >= 0.3 is 5.97 Å². The number of thiophene rings is 1. The maximum absolute atomic E-state index is 10.8. The highest BCUT2D eigenvalue weighted by atomic mass is 35.5. The van der Waals surface area contributed by atoms with Gasteiger partial charge in [-0.15, -0.1) is 11.3 Å². The zero-order valence-electron chi connectivity index (χ0n) is 9.26. The van der Waals surface area contributed by atoms with E-state index in [0.717, 1.165) is 22.3 Å². The molecular weight excluding hydrogens is 262 g/mol. The number of ether oxygens (including phenoxy) is 1. The predicted molar refractivity (Wildman–Crippen MR) is 66.6 cm³/mol. The first-order valence-corrected chi connectivity index (χ1v) is 6.62. The second-order valence-electron chi connectivity index (χ2n) is 4.00. The van der Waals surface area contributed by atoms with Crippen LogP contribution >= 0.6 is 22.9 Å². The summed E-state index contributed by atoms with van der Waals surface area (Å²) >= 11 is 7.42. The fourth-order valence-corrected chi connectivity index (χ4v) is 3.04. The third-order valence-corrected chi connectivity index (χ3v) is 3.96. The topological polar surface area (TPSA) is 49.8 Å². The van der Waals surface area contributed by atoms with Crippen molar-refractivity contribution in [2.75, 3.05) is 19.8 Å². The molecule has 2 heterocycles. The number of rotatable bonds is 4. The van der Waals surface area contributed by atoms with Gasteiger partial charge in [-0.3, -0.25) is 9.69 Å². The Balaban J connectivity index is 1.98. The molecule has 6 heteroatoms. The van der Waals surface area contributed by atoms with Crippen molar-refractivity contribution in [1.82, 2.24) is 4.90 Å². The molecule has 0 radical (unpaired) electrons. The summed E-state index contributed by atoms with van der Waals surface area (Å²) in [7, 11) is 0. The molecule has 0 amide bonds. The van der Waals surface area contributed by atoms with Gasteiger partial charge in [0.05, 0.1) is 24.0 Å². The minimum Gasteiger partial charge on any atom is -0.481 e. The second-order valence-corrected chi connectivity index (χ2v) is 5.80. The molecule has 1 saturated heterocycles. The first-order valence-electron chi connectivity index (χ1n) is 5.43. The SMILES string of the molecule is O=C(O)CC1COCCN1Cc1ccc(Cl)s1. The normalized spacial score (nSPS) is 21.6. The quantitative estimate of drug-likeness (QED) is 0.914. The molecule has 0 aliphatic carbocycles. The van der Waals surface area contributed by atoms with E-state index >= 15 is 0 Å². The second kappa shape index (κ2) is 5.82. The fraction of sp³-hybridized carbons (Fsp3) is 0.545. The molecule has 17 heavy (non-hydrogen) atoms. The monoisotopic (exact) mass is 275 g/mol. The fourth-order valence-electron chi connectivity index (χ4n) is 1.92. The molecule has 0 spiro atoms. The third-order valence-electron chi connectivity index (χ3n) is 2.75. The Bertz CT molecular complexity index is 396. The lowest BCUT2D eigenvalue weighted by atomic mass is 10.1. The first kappa shape index (κ1) is 12.8. The van der Waals surface area contributed by atoms with E-state index in [1.807, 2.05) is 12.1 Å². The Labute approximate surface area is 109 Å². The van der Waals surface area contributed by atoms with Crippen LogP contribution in [0.1, 0.15) is 11.3 Å². The molecule has 1 aliphatic heterocycles. The van der Waals surface area contributed by atoms with E-state index in [0.29, 0.717) is 13.2 Å². The lowest BCUT2D eigenvalue weighted by Crippen LogP contribution is -2.45. The van der Waals surface area contributed by atoms with Crippen LogP contribution < -0.4 is 0 Å². The lowest BCUT2D eigenvalue weighted by molar-refractivity contribution is -0.140. The number of halogens is 1. The number of morpholine rings is 1. The van der Waals surface area contributed by atoms with Gasteiger partial charge in [-0.25, -0.2) is 0 Å². The summed E-state index contributed by atoms with van der Waals surface area (Å²) in [6.07, 6.45) is 0.124. The molecule has 4 nitrogen and oxygen atoms in total.